The van der Waals surface area contributed by atoms with Crippen molar-refractivity contribution in [2.24, 2.45) is 0 Å². The number of nitrogens with zero attached hydrogens (tertiary/aromatic N) is 2. The van der Waals surface area contributed by atoms with E-state index in [2.05, 4.69) is 37.2 Å². The lowest BCUT2D eigenvalue weighted by atomic mass is 10.1. The summed E-state index contributed by atoms with van der Waals surface area (Å²) in [7, 11) is -4.09. The molecule has 10 heteroatoms. The van der Waals surface area contributed by atoms with Crippen LogP contribution in [0.25, 0.3) is 0 Å². The number of sulfonamides is 1. The third-order valence-electron chi connectivity index (χ3n) is 7.11. The van der Waals surface area contributed by atoms with E-state index < -0.39 is 28.5 Å². The summed E-state index contributed by atoms with van der Waals surface area (Å²) in [6.07, 6.45) is 3.98. The molecule has 1 unspecified atom stereocenters. The zero-order chi connectivity index (χ0) is 28.9. The van der Waals surface area contributed by atoms with Crippen LogP contribution < -0.4 is 9.62 Å². The molecule has 3 aromatic rings. The molecule has 212 valence electrons. The van der Waals surface area contributed by atoms with E-state index in [0.29, 0.717) is 5.69 Å². The molecule has 0 radical (unpaired) electrons. The quantitative estimate of drug-likeness (QED) is 0.275. The number of hydrogen-bond donors (Lipinski definition) is 1. The highest BCUT2D eigenvalue weighted by molar-refractivity contribution is 9.10. The molecule has 0 aromatic heterocycles. The summed E-state index contributed by atoms with van der Waals surface area (Å²) >= 11 is 6.87. The smallest absolute Gasteiger partial charge is 0.264 e. The molecule has 0 bridgehead atoms. The molecule has 1 saturated carbocycles. The Morgan fingerprint density at radius 3 is 2.23 bits per heavy atom. The van der Waals surface area contributed by atoms with Gasteiger partial charge in [0.25, 0.3) is 10.0 Å². The molecule has 1 N–H and O–H groups in total. The first kappa shape index (κ1) is 30.3. The largest absolute Gasteiger partial charge is 0.352 e. The Hall–Kier alpha value is -2.69. The number of nitrogens with one attached hydrogen (secondary N) is 1. The van der Waals surface area contributed by atoms with Gasteiger partial charge >= 0.3 is 0 Å². The van der Waals surface area contributed by atoms with E-state index in [1.165, 1.54) is 17.0 Å². The van der Waals surface area contributed by atoms with Gasteiger partial charge < -0.3 is 10.2 Å². The maximum atomic E-state index is 14.0. The second kappa shape index (κ2) is 13.3. The van der Waals surface area contributed by atoms with Crippen LogP contribution in [0.4, 0.5) is 5.69 Å². The first-order valence-electron chi connectivity index (χ1n) is 13.2. The summed E-state index contributed by atoms with van der Waals surface area (Å²) < 4.78 is 30.5. The molecule has 40 heavy (non-hydrogen) atoms. The van der Waals surface area contributed by atoms with Crippen LogP contribution in [0.5, 0.6) is 0 Å². The van der Waals surface area contributed by atoms with Gasteiger partial charge in [-0.2, -0.15) is 0 Å². The minimum Gasteiger partial charge on any atom is -0.352 e. The van der Waals surface area contributed by atoms with E-state index in [0.717, 1.165) is 50.1 Å². The van der Waals surface area contributed by atoms with Crippen molar-refractivity contribution in [2.75, 3.05) is 10.8 Å². The lowest BCUT2D eigenvalue weighted by molar-refractivity contribution is -0.139. The topological polar surface area (TPSA) is 86.8 Å². The maximum absolute atomic E-state index is 14.0. The molecule has 3 aromatic carbocycles. The van der Waals surface area contributed by atoms with Crippen LogP contribution in [-0.2, 0) is 26.2 Å². The van der Waals surface area contributed by atoms with Crippen molar-refractivity contribution in [1.29, 1.82) is 0 Å². The van der Waals surface area contributed by atoms with Gasteiger partial charge in [-0.05, 0) is 80.8 Å². The number of carbonyl (C=O) groups is 2. The van der Waals surface area contributed by atoms with Crippen LogP contribution in [0, 0.1) is 6.92 Å². The van der Waals surface area contributed by atoms with Crippen LogP contribution in [0.2, 0.25) is 0 Å². The zero-order valence-corrected chi connectivity index (χ0v) is 26.5. The van der Waals surface area contributed by atoms with Gasteiger partial charge in [-0.25, -0.2) is 8.42 Å². The Labute approximate surface area is 253 Å². The fourth-order valence-corrected chi connectivity index (χ4v) is 6.91. The third-order valence-corrected chi connectivity index (χ3v) is 9.92. The molecule has 2 amide bonds. The Morgan fingerprint density at radius 1 is 0.950 bits per heavy atom. The first-order valence-corrected chi connectivity index (χ1v) is 16.3. The van der Waals surface area contributed by atoms with Gasteiger partial charge in [0.1, 0.15) is 12.6 Å². The van der Waals surface area contributed by atoms with Gasteiger partial charge in [0.15, 0.2) is 0 Å². The summed E-state index contributed by atoms with van der Waals surface area (Å²) in [6, 6.07) is 20.1. The molecule has 7 nitrogen and oxygen atoms in total. The lowest BCUT2D eigenvalue weighted by Gasteiger charge is -2.32. The summed E-state index contributed by atoms with van der Waals surface area (Å²) in [6.45, 7) is 3.26. The molecule has 1 aliphatic rings. The van der Waals surface area contributed by atoms with Crippen molar-refractivity contribution in [3.63, 3.8) is 0 Å². The minimum absolute atomic E-state index is 0.0828. The monoisotopic (exact) mass is 689 g/mol. The molecular formula is C30H33Br2N3O4S. The van der Waals surface area contributed by atoms with Crippen molar-refractivity contribution >= 4 is 59.4 Å². The minimum atomic E-state index is -4.09. The standard InChI is InChI=1S/C30H33Br2N3O4S/c1-21-10-16-28(17-11-21)40(38,39)35(27-14-12-24(31)13-15-27)20-29(36)34(19-23-6-5-7-25(32)18-23)22(2)30(37)33-26-8-3-4-9-26/h5-7,10-18,22,26H,3-4,8-9,19-20H2,1-2H3,(H,33,37). The van der Waals surface area contributed by atoms with E-state index in [-0.39, 0.29) is 23.4 Å². The van der Waals surface area contributed by atoms with Crippen molar-refractivity contribution in [3.8, 4) is 0 Å². The average Bonchev–Trinajstić information content (AvgIpc) is 3.44. The second-order valence-electron chi connectivity index (χ2n) is 10.1. The number of anilines is 1. The maximum Gasteiger partial charge on any atom is 0.264 e. The SMILES string of the molecule is Cc1ccc(S(=O)(=O)N(CC(=O)N(Cc2cccc(Br)c2)C(C)C(=O)NC2CCCC2)c2ccc(Br)cc2)cc1. The third kappa shape index (κ3) is 7.53. The van der Waals surface area contributed by atoms with Gasteiger partial charge in [-0.3, -0.25) is 13.9 Å². The van der Waals surface area contributed by atoms with E-state index in [1.54, 1.807) is 43.3 Å². The van der Waals surface area contributed by atoms with Crippen LogP contribution in [0.1, 0.15) is 43.7 Å². The summed E-state index contributed by atoms with van der Waals surface area (Å²) in [5.41, 5.74) is 2.09. The van der Waals surface area contributed by atoms with Crippen molar-refractivity contribution in [2.45, 2.75) is 63.1 Å². The van der Waals surface area contributed by atoms with Crippen LogP contribution in [0.3, 0.4) is 0 Å². The number of benzene rings is 3. The highest BCUT2D eigenvalue weighted by Crippen LogP contribution is 2.27. The fourth-order valence-electron chi connectivity index (χ4n) is 4.78. The van der Waals surface area contributed by atoms with Crippen molar-refractivity contribution < 1.29 is 18.0 Å². The van der Waals surface area contributed by atoms with Crippen LogP contribution >= 0.6 is 31.9 Å². The number of carbonyl (C=O) groups excluding carboxylic acids is 2. The molecular weight excluding hydrogens is 658 g/mol. The van der Waals surface area contributed by atoms with Crippen LogP contribution in [0.15, 0.2) is 86.6 Å². The summed E-state index contributed by atoms with van der Waals surface area (Å²) in [5.74, 6) is -0.723. The van der Waals surface area contributed by atoms with Crippen molar-refractivity contribution in [1.82, 2.24) is 10.2 Å². The van der Waals surface area contributed by atoms with Gasteiger partial charge in [-0.1, -0.05) is 74.5 Å². The molecule has 0 saturated heterocycles. The molecule has 1 aliphatic carbocycles. The van der Waals surface area contributed by atoms with Gasteiger partial charge in [0, 0.05) is 21.5 Å². The zero-order valence-electron chi connectivity index (χ0n) is 22.5. The van der Waals surface area contributed by atoms with E-state index in [1.807, 2.05) is 31.2 Å². The molecule has 0 aliphatic heterocycles. The van der Waals surface area contributed by atoms with Gasteiger partial charge in [0.2, 0.25) is 11.8 Å². The number of amides is 2. The number of aryl methyl sites for hydroxylation is 1. The number of rotatable bonds is 10. The van der Waals surface area contributed by atoms with Gasteiger partial charge in [-0.15, -0.1) is 0 Å². The Morgan fingerprint density at radius 2 is 1.60 bits per heavy atom. The van der Waals surface area contributed by atoms with E-state index in [4.69, 9.17) is 0 Å². The van der Waals surface area contributed by atoms with E-state index >= 15 is 0 Å². The summed E-state index contributed by atoms with van der Waals surface area (Å²) in [4.78, 5) is 28.9. The van der Waals surface area contributed by atoms with Gasteiger partial charge in [0.05, 0.1) is 10.6 Å². The predicted molar refractivity (Wildman–Crippen MR) is 164 cm³/mol. The highest BCUT2D eigenvalue weighted by Gasteiger charge is 2.33. The first-order chi connectivity index (χ1) is 19.0. The molecule has 4 rings (SSSR count). The highest BCUT2D eigenvalue weighted by atomic mass is 79.9. The molecule has 1 atom stereocenters. The average molecular weight is 691 g/mol. The van der Waals surface area contributed by atoms with Crippen LogP contribution in [-0.4, -0.2) is 43.8 Å². The van der Waals surface area contributed by atoms with E-state index in [9.17, 15) is 18.0 Å². The fraction of sp³-hybridized carbons (Fsp3) is 0.333. The Bertz CT molecular complexity index is 1440. The van der Waals surface area contributed by atoms with Crippen molar-refractivity contribution in [3.05, 3.63) is 92.9 Å². The lowest BCUT2D eigenvalue weighted by Crippen LogP contribution is -2.52. The Kier molecular flexibility index (Phi) is 10.1. The predicted octanol–water partition coefficient (Wildman–Crippen LogP) is 6.19. The number of hydrogen-bond acceptors (Lipinski definition) is 4. The normalized spacial score (nSPS) is 14.5. The molecule has 0 spiro atoms. The summed E-state index contributed by atoms with van der Waals surface area (Å²) in [5, 5.41) is 3.08. The number of halogens is 2. The molecule has 1 fully saturated rings. The molecule has 0 heterocycles. The Balaban J connectivity index is 1.68. The second-order valence-corrected chi connectivity index (χ2v) is 13.8.